The third-order valence-electron chi connectivity index (χ3n) is 12.7. The molecule has 0 aliphatic carbocycles. The number of amides is 1. The molecule has 0 aromatic carbocycles. The molecule has 63 heavy (non-hydrogen) atoms. The number of carbonyl (C=O) groups excluding carboxylic acids is 2. The Morgan fingerprint density at radius 3 is 1.30 bits per heavy atom. The lowest BCUT2D eigenvalue weighted by atomic mass is 10.0. The van der Waals surface area contributed by atoms with Crippen molar-refractivity contribution >= 4 is 11.9 Å². The zero-order valence-electron chi connectivity index (χ0n) is 42.2. The smallest absolute Gasteiger partial charge is 0.306 e. The highest BCUT2D eigenvalue weighted by molar-refractivity contribution is 5.77. The standard InChI is InChI=1S/C57H107NO5/c1-4-7-10-13-16-19-22-25-27-28-29-31-34-37-40-43-46-49-55(60)54(52-59)58-56(61)51-53(48-45-42-39-36-33-30-24-21-18-15-12-9-6-3)63-57(62)50-47-44-41-38-35-32-26-23-20-17-14-11-8-5-2/h8,11,17,20,26,32,53-55,59-60H,4-7,9-10,12-16,18-19,21-25,27-31,33-52H2,1-3H3,(H,58,61)/b11-8+,20-17+,32-26+. The molecular weight excluding hydrogens is 779 g/mol. The predicted molar refractivity (Wildman–Crippen MR) is 273 cm³/mol. The van der Waals surface area contributed by atoms with Crippen LogP contribution in [0.5, 0.6) is 0 Å². The van der Waals surface area contributed by atoms with Crippen LogP contribution in [0, 0.1) is 0 Å². The molecule has 0 radical (unpaired) electrons. The Hall–Kier alpha value is -1.92. The third kappa shape index (κ3) is 46.4. The molecule has 1 amide bonds. The van der Waals surface area contributed by atoms with Crippen molar-refractivity contribution in [1.82, 2.24) is 5.32 Å². The van der Waals surface area contributed by atoms with Gasteiger partial charge in [-0.25, -0.2) is 0 Å². The van der Waals surface area contributed by atoms with Gasteiger partial charge in [-0.3, -0.25) is 9.59 Å². The van der Waals surface area contributed by atoms with Crippen LogP contribution in [-0.4, -0.2) is 46.9 Å². The van der Waals surface area contributed by atoms with Crippen LogP contribution in [0.2, 0.25) is 0 Å². The Balaban J connectivity index is 4.51. The molecule has 3 N–H and O–H groups in total. The van der Waals surface area contributed by atoms with Crippen molar-refractivity contribution in [1.29, 1.82) is 0 Å². The van der Waals surface area contributed by atoms with E-state index in [0.29, 0.717) is 19.3 Å². The minimum Gasteiger partial charge on any atom is -0.462 e. The highest BCUT2D eigenvalue weighted by Crippen LogP contribution is 2.19. The molecule has 0 aromatic rings. The van der Waals surface area contributed by atoms with E-state index in [4.69, 9.17) is 4.74 Å². The second-order valence-electron chi connectivity index (χ2n) is 19.0. The van der Waals surface area contributed by atoms with Crippen molar-refractivity contribution in [3.63, 3.8) is 0 Å². The number of aliphatic hydroxyl groups excluding tert-OH is 2. The van der Waals surface area contributed by atoms with Crippen LogP contribution >= 0.6 is 0 Å². The van der Waals surface area contributed by atoms with E-state index >= 15 is 0 Å². The monoisotopic (exact) mass is 886 g/mol. The van der Waals surface area contributed by atoms with Crippen LogP contribution in [0.15, 0.2) is 36.5 Å². The summed E-state index contributed by atoms with van der Waals surface area (Å²) in [6.45, 7) is 6.40. The van der Waals surface area contributed by atoms with Gasteiger partial charge in [0.25, 0.3) is 0 Å². The van der Waals surface area contributed by atoms with Crippen LogP contribution in [0.25, 0.3) is 0 Å². The third-order valence-corrected chi connectivity index (χ3v) is 12.7. The van der Waals surface area contributed by atoms with Crippen molar-refractivity contribution in [3.8, 4) is 0 Å². The first kappa shape index (κ1) is 61.1. The van der Waals surface area contributed by atoms with E-state index in [0.717, 1.165) is 77.0 Å². The lowest BCUT2D eigenvalue weighted by Crippen LogP contribution is -2.46. The maximum Gasteiger partial charge on any atom is 0.306 e. The topological polar surface area (TPSA) is 95.9 Å². The van der Waals surface area contributed by atoms with E-state index in [1.165, 1.54) is 167 Å². The predicted octanol–water partition coefficient (Wildman–Crippen LogP) is 16.8. The maximum absolute atomic E-state index is 13.2. The van der Waals surface area contributed by atoms with E-state index in [1.807, 2.05) is 0 Å². The fourth-order valence-corrected chi connectivity index (χ4v) is 8.56. The highest BCUT2D eigenvalue weighted by Gasteiger charge is 2.24. The van der Waals surface area contributed by atoms with Crippen LogP contribution in [0.4, 0.5) is 0 Å². The van der Waals surface area contributed by atoms with E-state index in [-0.39, 0.29) is 24.9 Å². The molecule has 0 heterocycles. The van der Waals surface area contributed by atoms with Crippen molar-refractivity contribution in [2.45, 2.75) is 309 Å². The maximum atomic E-state index is 13.2. The summed E-state index contributed by atoms with van der Waals surface area (Å²) in [4.78, 5) is 26.2. The van der Waals surface area contributed by atoms with Gasteiger partial charge in [0.2, 0.25) is 5.91 Å². The number of nitrogens with one attached hydrogen (secondary N) is 1. The largest absolute Gasteiger partial charge is 0.462 e. The first-order valence-corrected chi connectivity index (χ1v) is 27.7. The molecule has 0 aromatic heterocycles. The van der Waals surface area contributed by atoms with Gasteiger partial charge >= 0.3 is 5.97 Å². The fraction of sp³-hybridized carbons (Fsp3) is 0.860. The Bertz CT molecular complexity index is 1040. The van der Waals surface area contributed by atoms with Crippen LogP contribution < -0.4 is 5.32 Å². The van der Waals surface area contributed by atoms with Gasteiger partial charge in [0.15, 0.2) is 0 Å². The van der Waals surface area contributed by atoms with Crippen molar-refractivity contribution in [3.05, 3.63) is 36.5 Å². The number of aliphatic hydroxyl groups is 2. The lowest BCUT2D eigenvalue weighted by Gasteiger charge is -2.24. The summed E-state index contributed by atoms with van der Waals surface area (Å²) >= 11 is 0. The molecule has 370 valence electrons. The molecule has 0 aliphatic heterocycles. The molecule has 0 aliphatic rings. The number of rotatable bonds is 50. The number of carbonyl (C=O) groups is 2. The summed E-state index contributed by atoms with van der Waals surface area (Å²) in [5, 5.41) is 23.9. The number of allylic oxidation sites excluding steroid dienone is 6. The molecule has 3 unspecified atom stereocenters. The molecular formula is C57H107NO5. The van der Waals surface area contributed by atoms with E-state index in [9.17, 15) is 19.8 Å². The first-order valence-electron chi connectivity index (χ1n) is 27.7. The van der Waals surface area contributed by atoms with Gasteiger partial charge in [0, 0.05) is 6.42 Å². The second-order valence-corrected chi connectivity index (χ2v) is 19.0. The van der Waals surface area contributed by atoms with Gasteiger partial charge in [-0.2, -0.15) is 0 Å². The number of esters is 1. The minimum atomic E-state index is -0.789. The minimum absolute atomic E-state index is 0.0727. The van der Waals surface area contributed by atoms with Gasteiger partial charge in [-0.05, 0) is 57.8 Å². The van der Waals surface area contributed by atoms with E-state index < -0.39 is 18.2 Å². The molecule has 0 rings (SSSR count). The molecule has 0 fully saturated rings. The first-order chi connectivity index (χ1) is 31.0. The van der Waals surface area contributed by atoms with Crippen molar-refractivity contribution in [2.75, 3.05) is 6.61 Å². The molecule has 3 atom stereocenters. The number of hydrogen-bond donors (Lipinski definition) is 3. The molecule has 6 heteroatoms. The lowest BCUT2D eigenvalue weighted by molar-refractivity contribution is -0.151. The summed E-state index contributed by atoms with van der Waals surface area (Å²) in [6.07, 6.45) is 60.6. The SMILES string of the molecule is CC/C=C/C/C=C/C/C=C/CCCCCCC(=O)OC(CCCCCCCCCCCCCCC)CC(=O)NC(CO)C(O)CCCCCCCCCCCCCCCCCCC. The molecule has 0 saturated heterocycles. The zero-order chi connectivity index (χ0) is 45.9. The normalized spacial score (nSPS) is 13.4. The number of unbranched alkanes of at least 4 members (excludes halogenated alkanes) is 32. The van der Waals surface area contributed by atoms with Crippen molar-refractivity contribution in [2.24, 2.45) is 0 Å². The molecule has 0 bridgehead atoms. The number of ether oxygens (including phenoxy) is 1. The average Bonchev–Trinajstić information content (AvgIpc) is 3.28. The van der Waals surface area contributed by atoms with Gasteiger partial charge in [-0.15, -0.1) is 0 Å². The van der Waals surface area contributed by atoms with Crippen molar-refractivity contribution < 1.29 is 24.5 Å². The Morgan fingerprint density at radius 1 is 0.476 bits per heavy atom. The molecule has 0 spiro atoms. The fourth-order valence-electron chi connectivity index (χ4n) is 8.56. The van der Waals surface area contributed by atoms with Crippen LogP contribution in [-0.2, 0) is 14.3 Å². The Kier molecular flexibility index (Phi) is 49.5. The van der Waals surface area contributed by atoms with E-state index in [1.54, 1.807) is 0 Å². The second kappa shape index (κ2) is 51.1. The molecule has 6 nitrogen and oxygen atoms in total. The Morgan fingerprint density at radius 2 is 0.857 bits per heavy atom. The summed E-state index contributed by atoms with van der Waals surface area (Å²) in [7, 11) is 0. The summed E-state index contributed by atoms with van der Waals surface area (Å²) in [5.41, 5.74) is 0. The average molecular weight is 886 g/mol. The van der Waals surface area contributed by atoms with Crippen LogP contribution in [0.1, 0.15) is 290 Å². The summed E-state index contributed by atoms with van der Waals surface area (Å²) in [5.74, 6) is -0.486. The summed E-state index contributed by atoms with van der Waals surface area (Å²) < 4.78 is 5.94. The van der Waals surface area contributed by atoms with Gasteiger partial charge < -0.3 is 20.3 Å². The van der Waals surface area contributed by atoms with Gasteiger partial charge in [0.1, 0.15) is 6.10 Å². The van der Waals surface area contributed by atoms with Gasteiger partial charge in [-0.1, -0.05) is 256 Å². The highest BCUT2D eigenvalue weighted by atomic mass is 16.5. The quantitative estimate of drug-likeness (QED) is 0.0321. The van der Waals surface area contributed by atoms with E-state index in [2.05, 4.69) is 62.5 Å². The summed E-state index contributed by atoms with van der Waals surface area (Å²) in [6, 6.07) is -0.703. The zero-order valence-corrected chi connectivity index (χ0v) is 42.2. The molecule has 0 saturated carbocycles. The number of hydrogen-bond acceptors (Lipinski definition) is 5. The van der Waals surface area contributed by atoms with Crippen LogP contribution in [0.3, 0.4) is 0 Å². The Labute approximate surface area is 392 Å². The van der Waals surface area contributed by atoms with Gasteiger partial charge in [0.05, 0.1) is 25.2 Å².